The summed E-state index contributed by atoms with van der Waals surface area (Å²) >= 11 is 16.9. The van der Waals surface area contributed by atoms with Crippen LogP contribution in [-0.2, 0) is 4.74 Å². The Morgan fingerprint density at radius 2 is 1.93 bits per heavy atom. The molecule has 0 radical (unpaired) electrons. The van der Waals surface area contributed by atoms with E-state index >= 15 is 0 Å². The minimum atomic E-state index is -0.677. The maximum Gasteiger partial charge on any atom is 0.360 e. The van der Waals surface area contributed by atoms with Crippen molar-refractivity contribution in [3.63, 3.8) is 0 Å². The fraction of sp³-hybridized carbons (Fsp3) is 0.286. The highest BCUT2D eigenvalue weighted by atomic mass is 35.5. The summed E-state index contributed by atoms with van der Waals surface area (Å²) < 4.78 is 4.68. The zero-order valence-corrected chi connectivity index (χ0v) is 9.32. The zero-order chi connectivity index (χ0) is 10.7. The van der Waals surface area contributed by atoms with Crippen molar-refractivity contribution in [2.24, 2.45) is 0 Å². The number of carbonyl (C=O) groups is 1. The van der Waals surface area contributed by atoms with Crippen LogP contribution in [0.15, 0.2) is 0 Å². The third kappa shape index (κ3) is 2.26. The minimum Gasteiger partial charge on any atom is -0.461 e. The van der Waals surface area contributed by atoms with Gasteiger partial charge >= 0.3 is 5.97 Å². The first kappa shape index (κ1) is 11.5. The lowest BCUT2D eigenvalue weighted by Crippen LogP contribution is -2.09. The lowest BCUT2D eigenvalue weighted by Gasteiger charge is -2.03. The molecule has 0 aliphatic rings. The third-order valence-electron chi connectivity index (χ3n) is 1.29. The highest BCUT2D eigenvalue weighted by Gasteiger charge is 2.18. The molecule has 1 rings (SSSR count). The van der Waals surface area contributed by atoms with E-state index in [9.17, 15) is 4.79 Å². The number of ether oxygens (including phenoxy) is 1. The van der Waals surface area contributed by atoms with Crippen LogP contribution in [0.2, 0.25) is 15.2 Å². The third-order valence-corrected chi connectivity index (χ3v) is 2.48. The molecule has 0 bridgehead atoms. The van der Waals surface area contributed by atoms with Gasteiger partial charge in [-0.25, -0.2) is 4.79 Å². The van der Waals surface area contributed by atoms with E-state index in [0.717, 1.165) is 0 Å². The average Bonchev–Trinajstić information content (AvgIpc) is 2.15. The van der Waals surface area contributed by atoms with Gasteiger partial charge in [0.15, 0.2) is 10.8 Å². The van der Waals surface area contributed by atoms with Crippen LogP contribution in [0.3, 0.4) is 0 Å². The summed E-state index contributed by atoms with van der Waals surface area (Å²) in [5, 5.41) is 6.82. The van der Waals surface area contributed by atoms with Crippen molar-refractivity contribution in [3.05, 3.63) is 20.9 Å². The fourth-order valence-electron chi connectivity index (χ4n) is 0.706. The number of aromatic nitrogens is 2. The molecule has 1 aromatic heterocycles. The van der Waals surface area contributed by atoms with Gasteiger partial charge in [-0.1, -0.05) is 34.8 Å². The maximum absolute atomic E-state index is 11.2. The van der Waals surface area contributed by atoms with E-state index in [-0.39, 0.29) is 27.5 Å². The molecule has 0 amide bonds. The Morgan fingerprint density at radius 1 is 1.29 bits per heavy atom. The van der Waals surface area contributed by atoms with E-state index < -0.39 is 5.97 Å². The van der Waals surface area contributed by atoms with Gasteiger partial charge in [0.25, 0.3) is 0 Å². The predicted molar refractivity (Wildman–Crippen MR) is 53.0 cm³/mol. The Labute approximate surface area is 95.1 Å². The summed E-state index contributed by atoms with van der Waals surface area (Å²) in [5.41, 5.74) is -0.136. The van der Waals surface area contributed by atoms with Crippen LogP contribution in [0.5, 0.6) is 0 Å². The molecule has 0 aliphatic heterocycles. The molecular formula is C7H5Cl3N2O2. The van der Waals surface area contributed by atoms with Crippen molar-refractivity contribution in [2.45, 2.75) is 6.92 Å². The van der Waals surface area contributed by atoms with Crippen molar-refractivity contribution >= 4 is 40.8 Å². The molecule has 0 aliphatic carbocycles. The number of nitrogens with zero attached hydrogens (tertiary/aromatic N) is 2. The van der Waals surface area contributed by atoms with Crippen molar-refractivity contribution in [1.29, 1.82) is 0 Å². The van der Waals surface area contributed by atoms with Gasteiger partial charge in [-0.3, -0.25) is 0 Å². The van der Waals surface area contributed by atoms with Gasteiger partial charge in [0.1, 0.15) is 5.02 Å². The second-order valence-corrected chi connectivity index (χ2v) is 3.30. The lowest BCUT2D eigenvalue weighted by molar-refractivity contribution is 0.0518. The van der Waals surface area contributed by atoms with Gasteiger partial charge in [-0.05, 0) is 6.92 Å². The second kappa shape index (κ2) is 4.77. The summed E-state index contributed by atoms with van der Waals surface area (Å²) in [4.78, 5) is 11.2. The Morgan fingerprint density at radius 3 is 2.50 bits per heavy atom. The summed E-state index contributed by atoms with van der Waals surface area (Å²) in [6, 6.07) is 0. The highest BCUT2D eigenvalue weighted by Crippen LogP contribution is 2.29. The largest absolute Gasteiger partial charge is 0.461 e. The average molecular weight is 255 g/mol. The zero-order valence-electron chi connectivity index (χ0n) is 7.05. The smallest absolute Gasteiger partial charge is 0.360 e. The number of hydrogen-bond donors (Lipinski definition) is 0. The molecule has 1 aromatic rings. The Bertz CT molecular complexity index is 370. The van der Waals surface area contributed by atoms with Gasteiger partial charge in [0.2, 0.25) is 0 Å². The van der Waals surface area contributed by atoms with E-state index in [1.54, 1.807) is 6.92 Å². The summed E-state index contributed by atoms with van der Waals surface area (Å²) in [6.07, 6.45) is 0. The number of carbonyl (C=O) groups excluding carboxylic acids is 1. The molecule has 76 valence electrons. The summed E-state index contributed by atoms with van der Waals surface area (Å²) in [6.45, 7) is 1.88. The van der Waals surface area contributed by atoms with Gasteiger partial charge in [-0.15, -0.1) is 10.2 Å². The van der Waals surface area contributed by atoms with Crippen LogP contribution in [0.1, 0.15) is 17.4 Å². The first-order valence-corrected chi connectivity index (χ1v) is 4.75. The first-order valence-electron chi connectivity index (χ1n) is 3.62. The molecule has 0 N–H and O–H groups in total. The monoisotopic (exact) mass is 254 g/mol. The van der Waals surface area contributed by atoms with Crippen LogP contribution < -0.4 is 0 Å². The predicted octanol–water partition coefficient (Wildman–Crippen LogP) is 2.61. The van der Waals surface area contributed by atoms with Crippen molar-refractivity contribution in [3.8, 4) is 0 Å². The molecule has 14 heavy (non-hydrogen) atoms. The molecule has 0 spiro atoms. The molecule has 0 saturated heterocycles. The Hall–Kier alpha value is -0.580. The van der Waals surface area contributed by atoms with Crippen LogP contribution >= 0.6 is 34.8 Å². The molecule has 0 saturated carbocycles. The van der Waals surface area contributed by atoms with Crippen molar-refractivity contribution < 1.29 is 9.53 Å². The normalized spacial score (nSPS) is 10.0. The van der Waals surface area contributed by atoms with E-state index in [4.69, 9.17) is 34.8 Å². The van der Waals surface area contributed by atoms with E-state index in [0.29, 0.717) is 0 Å². The molecule has 7 heteroatoms. The number of halogens is 3. The number of hydrogen-bond acceptors (Lipinski definition) is 4. The molecule has 4 nitrogen and oxygen atoms in total. The van der Waals surface area contributed by atoms with Crippen LogP contribution in [0.25, 0.3) is 0 Å². The van der Waals surface area contributed by atoms with E-state index in [2.05, 4.69) is 14.9 Å². The van der Waals surface area contributed by atoms with Gasteiger partial charge in [-0.2, -0.15) is 0 Å². The molecule has 0 aromatic carbocycles. The Kier molecular flexibility index (Phi) is 3.92. The standard InChI is InChI=1S/C7H5Cl3N2O2/c1-2-14-7(13)5-3(8)4(9)6(10)12-11-5/h2H2,1H3. The second-order valence-electron chi connectivity index (χ2n) is 2.19. The molecule has 1 heterocycles. The van der Waals surface area contributed by atoms with Crippen LogP contribution in [0, 0.1) is 0 Å². The summed E-state index contributed by atoms with van der Waals surface area (Å²) in [5.74, 6) is -0.677. The van der Waals surface area contributed by atoms with E-state index in [1.807, 2.05) is 0 Å². The SMILES string of the molecule is CCOC(=O)c1nnc(Cl)c(Cl)c1Cl. The maximum atomic E-state index is 11.2. The van der Waals surface area contributed by atoms with Crippen LogP contribution in [0.4, 0.5) is 0 Å². The molecular weight excluding hydrogens is 250 g/mol. The molecule has 0 unspecified atom stereocenters. The fourth-order valence-corrected chi connectivity index (χ4v) is 1.22. The lowest BCUT2D eigenvalue weighted by atomic mass is 10.4. The van der Waals surface area contributed by atoms with Crippen LogP contribution in [-0.4, -0.2) is 22.8 Å². The van der Waals surface area contributed by atoms with Crippen molar-refractivity contribution in [2.75, 3.05) is 6.61 Å². The topological polar surface area (TPSA) is 52.1 Å². The highest BCUT2D eigenvalue weighted by molar-refractivity contribution is 6.48. The number of esters is 1. The first-order chi connectivity index (χ1) is 6.57. The molecule has 0 fully saturated rings. The van der Waals surface area contributed by atoms with Gasteiger partial charge < -0.3 is 4.74 Å². The van der Waals surface area contributed by atoms with E-state index in [1.165, 1.54) is 0 Å². The van der Waals surface area contributed by atoms with Gasteiger partial charge in [0.05, 0.1) is 11.6 Å². The Balaban J connectivity index is 3.11. The minimum absolute atomic E-state index is 0.00798. The summed E-state index contributed by atoms with van der Waals surface area (Å²) in [7, 11) is 0. The quantitative estimate of drug-likeness (QED) is 0.762. The van der Waals surface area contributed by atoms with Crippen molar-refractivity contribution in [1.82, 2.24) is 10.2 Å². The van der Waals surface area contributed by atoms with Gasteiger partial charge in [0, 0.05) is 0 Å². The molecule has 0 atom stereocenters. The number of rotatable bonds is 2.